The third-order valence-electron chi connectivity index (χ3n) is 6.09. The number of amides is 4. The fraction of sp³-hybridized carbons (Fsp3) is 0.435. The summed E-state index contributed by atoms with van der Waals surface area (Å²) in [6.45, 7) is 1.56. The van der Waals surface area contributed by atoms with Gasteiger partial charge in [-0.25, -0.2) is 4.79 Å². The topological polar surface area (TPSA) is 112 Å². The molecule has 2 aliphatic rings. The molecule has 4 rings (SSSR count). The van der Waals surface area contributed by atoms with E-state index >= 15 is 0 Å². The van der Waals surface area contributed by atoms with Crippen LogP contribution in [0.15, 0.2) is 41.1 Å². The number of fused-ring (bicyclic) bond motifs is 1. The molecule has 0 bridgehead atoms. The van der Waals surface area contributed by atoms with Gasteiger partial charge in [0.25, 0.3) is 0 Å². The molecule has 1 aromatic carbocycles. The predicted molar refractivity (Wildman–Crippen MR) is 126 cm³/mol. The summed E-state index contributed by atoms with van der Waals surface area (Å²) in [5, 5.41) is 15.4. The number of thiophene rings is 1. The summed E-state index contributed by atoms with van der Waals surface area (Å²) in [7, 11) is 1.62. The zero-order valence-corrected chi connectivity index (χ0v) is 19.3. The van der Waals surface area contributed by atoms with E-state index in [4.69, 9.17) is 4.74 Å². The van der Waals surface area contributed by atoms with Gasteiger partial charge in [0, 0.05) is 43.5 Å². The van der Waals surface area contributed by atoms with E-state index in [2.05, 4.69) is 26.2 Å². The number of carbonyl (C=O) groups excluding carboxylic acids is 3. The second kappa shape index (κ2) is 10.7. The Balaban J connectivity index is 1.24. The van der Waals surface area contributed by atoms with Crippen molar-refractivity contribution >= 4 is 34.9 Å². The molecule has 1 aromatic heterocycles. The maximum atomic E-state index is 12.4. The number of benzene rings is 1. The molecule has 0 radical (unpaired) electrons. The molecule has 2 aliphatic heterocycles. The SMILES string of the molecule is COc1ccc(CNC(=O)CCC2CNC(=O)C3CC(NC(=O)Nc4ccsc4)CN23)cc1. The number of hydrogen-bond donors (Lipinski definition) is 4. The number of methoxy groups -OCH3 is 1. The summed E-state index contributed by atoms with van der Waals surface area (Å²) in [6, 6.07) is 8.81. The van der Waals surface area contributed by atoms with Crippen molar-refractivity contribution in [1.29, 1.82) is 0 Å². The standard InChI is InChI=1S/C23H29N5O4S/c1-32-19-5-2-15(3-6-19)11-24-21(29)7-4-18-12-25-22(30)20-10-17(13-28(18)20)27-23(31)26-16-8-9-33-14-16/h2-3,5-6,8-9,14,17-18,20H,4,7,10-13H2,1H3,(H,24,29)(H,25,30)(H2,26,27,31). The van der Waals surface area contributed by atoms with Crippen LogP contribution >= 0.6 is 11.3 Å². The zero-order valence-electron chi connectivity index (χ0n) is 18.5. The lowest BCUT2D eigenvalue weighted by molar-refractivity contribution is -0.129. The summed E-state index contributed by atoms with van der Waals surface area (Å²) in [4.78, 5) is 39.2. The minimum absolute atomic E-state index is 0.0160. The molecule has 0 aliphatic carbocycles. The average molecular weight is 472 g/mol. The van der Waals surface area contributed by atoms with Crippen molar-refractivity contribution in [3.8, 4) is 5.75 Å². The van der Waals surface area contributed by atoms with Crippen LogP contribution in [0.25, 0.3) is 0 Å². The summed E-state index contributed by atoms with van der Waals surface area (Å²) in [5.41, 5.74) is 1.76. The number of rotatable bonds is 8. The van der Waals surface area contributed by atoms with E-state index in [1.807, 2.05) is 41.1 Å². The van der Waals surface area contributed by atoms with Crippen molar-refractivity contribution in [3.05, 3.63) is 46.7 Å². The van der Waals surface area contributed by atoms with E-state index in [1.165, 1.54) is 11.3 Å². The molecule has 3 unspecified atom stereocenters. The van der Waals surface area contributed by atoms with Gasteiger partial charge in [0.1, 0.15) is 5.75 Å². The number of piperazine rings is 1. The lowest BCUT2D eigenvalue weighted by Gasteiger charge is -2.37. The summed E-state index contributed by atoms with van der Waals surface area (Å²) >= 11 is 1.51. The Bertz CT molecular complexity index is 966. The first-order chi connectivity index (χ1) is 16.0. The van der Waals surface area contributed by atoms with Crippen molar-refractivity contribution in [3.63, 3.8) is 0 Å². The van der Waals surface area contributed by atoms with E-state index in [9.17, 15) is 14.4 Å². The van der Waals surface area contributed by atoms with Crippen molar-refractivity contribution in [2.75, 3.05) is 25.5 Å². The first kappa shape index (κ1) is 23.1. The largest absolute Gasteiger partial charge is 0.497 e. The maximum absolute atomic E-state index is 12.4. The molecule has 3 heterocycles. The second-order valence-corrected chi connectivity index (χ2v) is 9.10. The Hall–Kier alpha value is -3.11. The molecule has 4 N–H and O–H groups in total. The first-order valence-electron chi connectivity index (χ1n) is 11.0. The van der Waals surface area contributed by atoms with E-state index in [-0.39, 0.29) is 36.0 Å². The van der Waals surface area contributed by atoms with Crippen LogP contribution in [0, 0.1) is 0 Å². The molecule has 0 saturated carbocycles. The van der Waals surface area contributed by atoms with Crippen LogP contribution in [0.4, 0.5) is 10.5 Å². The van der Waals surface area contributed by atoms with Crippen molar-refractivity contribution in [2.45, 2.75) is 43.9 Å². The molecular weight excluding hydrogens is 442 g/mol. The van der Waals surface area contributed by atoms with Gasteiger partial charge < -0.3 is 26.0 Å². The van der Waals surface area contributed by atoms with Crippen LogP contribution in [-0.2, 0) is 16.1 Å². The fourth-order valence-corrected chi connectivity index (χ4v) is 4.95. The predicted octanol–water partition coefficient (Wildman–Crippen LogP) is 1.92. The molecule has 3 atom stereocenters. The van der Waals surface area contributed by atoms with Gasteiger partial charge in [0.15, 0.2) is 0 Å². The van der Waals surface area contributed by atoms with E-state index in [0.717, 1.165) is 17.0 Å². The fourth-order valence-electron chi connectivity index (χ4n) is 4.37. The third-order valence-corrected chi connectivity index (χ3v) is 6.77. The second-order valence-electron chi connectivity index (χ2n) is 8.32. The van der Waals surface area contributed by atoms with Crippen LogP contribution in [0.1, 0.15) is 24.8 Å². The molecule has 4 amide bonds. The number of ether oxygens (including phenoxy) is 1. The average Bonchev–Trinajstić information content (AvgIpc) is 3.48. The smallest absolute Gasteiger partial charge is 0.319 e. The van der Waals surface area contributed by atoms with Gasteiger partial charge in [-0.1, -0.05) is 12.1 Å². The lowest BCUT2D eigenvalue weighted by atomic mass is 10.0. The molecule has 2 fully saturated rings. The number of nitrogens with zero attached hydrogens (tertiary/aromatic N) is 1. The monoisotopic (exact) mass is 471 g/mol. The summed E-state index contributed by atoms with van der Waals surface area (Å²) < 4.78 is 5.15. The van der Waals surface area contributed by atoms with Crippen LogP contribution in [-0.4, -0.2) is 61.1 Å². The molecule has 33 heavy (non-hydrogen) atoms. The maximum Gasteiger partial charge on any atom is 0.319 e. The quantitative estimate of drug-likeness (QED) is 0.470. The number of hydrogen-bond acceptors (Lipinski definition) is 6. The van der Waals surface area contributed by atoms with Gasteiger partial charge in [-0.15, -0.1) is 0 Å². The van der Waals surface area contributed by atoms with Gasteiger partial charge in [-0.05, 0) is 42.0 Å². The summed E-state index contributed by atoms with van der Waals surface area (Å²) in [6.07, 6.45) is 1.57. The Kier molecular flexibility index (Phi) is 7.46. The number of nitrogens with one attached hydrogen (secondary N) is 4. The van der Waals surface area contributed by atoms with Gasteiger partial charge >= 0.3 is 6.03 Å². The highest BCUT2D eigenvalue weighted by Gasteiger charge is 2.43. The normalized spacial score (nSPS) is 22.2. The van der Waals surface area contributed by atoms with Gasteiger partial charge in [0.2, 0.25) is 11.8 Å². The molecule has 9 nitrogen and oxygen atoms in total. The van der Waals surface area contributed by atoms with Gasteiger partial charge in [-0.3, -0.25) is 14.5 Å². The minimum Gasteiger partial charge on any atom is -0.497 e. The van der Waals surface area contributed by atoms with Gasteiger partial charge in [0.05, 0.1) is 18.8 Å². The molecule has 2 aromatic rings. The van der Waals surface area contributed by atoms with Crippen molar-refractivity contribution < 1.29 is 19.1 Å². The number of urea groups is 1. The molecule has 2 saturated heterocycles. The van der Waals surface area contributed by atoms with Crippen LogP contribution in [0.3, 0.4) is 0 Å². The van der Waals surface area contributed by atoms with E-state index in [1.54, 1.807) is 7.11 Å². The van der Waals surface area contributed by atoms with Crippen molar-refractivity contribution in [2.24, 2.45) is 0 Å². The zero-order chi connectivity index (χ0) is 23.2. The van der Waals surface area contributed by atoms with E-state index < -0.39 is 0 Å². The molecule has 10 heteroatoms. The highest BCUT2D eigenvalue weighted by atomic mass is 32.1. The molecule has 176 valence electrons. The Labute approximate surface area is 196 Å². The highest BCUT2D eigenvalue weighted by Crippen LogP contribution is 2.26. The molecular formula is C23H29N5O4S. The summed E-state index contributed by atoms with van der Waals surface area (Å²) in [5.74, 6) is 0.738. The number of anilines is 1. The number of carbonyl (C=O) groups is 3. The van der Waals surface area contributed by atoms with Crippen LogP contribution in [0.2, 0.25) is 0 Å². The van der Waals surface area contributed by atoms with Gasteiger partial charge in [-0.2, -0.15) is 11.3 Å². The first-order valence-corrected chi connectivity index (χ1v) is 12.0. The van der Waals surface area contributed by atoms with Crippen molar-refractivity contribution in [1.82, 2.24) is 20.9 Å². The third kappa shape index (κ3) is 6.02. The Morgan fingerprint density at radius 1 is 1.24 bits per heavy atom. The molecule has 0 spiro atoms. The Morgan fingerprint density at radius 2 is 2.06 bits per heavy atom. The lowest BCUT2D eigenvalue weighted by Crippen LogP contribution is -2.58. The van der Waals surface area contributed by atoms with Crippen LogP contribution in [0.5, 0.6) is 5.75 Å². The Morgan fingerprint density at radius 3 is 2.79 bits per heavy atom. The van der Waals surface area contributed by atoms with Crippen LogP contribution < -0.4 is 26.0 Å². The van der Waals surface area contributed by atoms with E-state index in [0.29, 0.717) is 38.9 Å². The minimum atomic E-state index is -0.280. The highest BCUT2D eigenvalue weighted by molar-refractivity contribution is 7.08.